The van der Waals surface area contributed by atoms with Crippen LogP contribution >= 0.6 is 34.8 Å². The average molecular weight is 393 g/mol. The predicted molar refractivity (Wildman–Crippen MR) is 96.4 cm³/mol. The first-order valence-electron chi connectivity index (χ1n) is 6.96. The minimum atomic E-state index is -3.50. The molecule has 3 nitrogen and oxygen atoms in total. The van der Waals surface area contributed by atoms with Gasteiger partial charge in [0.1, 0.15) is 0 Å². The fraction of sp³-hybridized carbons (Fsp3) is 0.250. The standard InChI is InChI=1S/C16H16Cl3NO2S/c1-11(12-2-4-13(17)5-3-12)20-8-9-23(21,22)16-10-14(18)6-7-15(16)19/h2-7,10-11,20H,8-9H2,1H3/t11-/m1/s1. The van der Waals surface area contributed by atoms with Crippen molar-refractivity contribution in [2.45, 2.75) is 17.9 Å². The number of hydrogen-bond donors (Lipinski definition) is 1. The molecule has 1 atom stereocenters. The van der Waals surface area contributed by atoms with Gasteiger partial charge < -0.3 is 5.32 Å². The highest BCUT2D eigenvalue weighted by Gasteiger charge is 2.18. The summed E-state index contributed by atoms with van der Waals surface area (Å²) in [6, 6.07) is 11.9. The zero-order valence-electron chi connectivity index (χ0n) is 12.4. The molecule has 0 heterocycles. The van der Waals surface area contributed by atoms with Crippen LogP contribution in [-0.2, 0) is 9.84 Å². The molecule has 0 radical (unpaired) electrons. The van der Waals surface area contributed by atoms with E-state index in [1.54, 1.807) is 18.2 Å². The van der Waals surface area contributed by atoms with Crippen molar-refractivity contribution in [1.82, 2.24) is 5.32 Å². The first kappa shape index (κ1) is 18.6. The van der Waals surface area contributed by atoms with Crippen molar-refractivity contribution in [2.24, 2.45) is 0 Å². The summed E-state index contributed by atoms with van der Waals surface area (Å²) in [4.78, 5) is 0.0626. The Morgan fingerprint density at radius 3 is 2.26 bits per heavy atom. The van der Waals surface area contributed by atoms with E-state index in [9.17, 15) is 8.42 Å². The van der Waals surface area contributed by atoms with Crippen molar-refractivity contribution in [3.05, 3.63) is 63.1 Å². The number of hydrogen-bond acceptors (Lipinski definition) is 3. The van der Waals surface area contributed by atoms with Gasteiger partial charge in [-0.3, -0.25) is 0 Å². The van der Waals surface area contributed by atoms with Gasteiger partial charge in [0.15, 0.2) is 9.84 Å². The van der Waals surface area contributed by atoms with Crippen molar-refractivity contribution >= 4 is 44.6 Å². The third-order valence-electron chi connectivity index (χ3n) is 3.42. The van der Waals surface area contributed by atoms with Crippen LogP contribution in [0.25, 0.3) is 0 Å². The Balaban J connectivity index is 1.99. The van der Waals surface area contributed by atoms with Crippen LogP contribution < -0.4 is 5.32 Å². The van der Waals surface area contributed by atoms with E-state index in [2.05, 4.69) is 5.32 Å². The predicted octanol–water partition coefficient (Wildman–Crippen LogP) is 4.77. The first-order chi connectivity index (χ1) is 10.8. The van der Waals surface area contributed by atoms with Crippen LogP contribution in [0, 0.1) is 0 Å². The highest BCUT2D eigenvalue weighted by molar-refractivity contribution is 7.91. The Morgan fingerprint density at radius 2 is 1.61 bits per heavy atom. The summed E-state index contributed by atoms with van der Waals surface area (Å²) in [6.07, 6.45) is 0. The summed E-state index contributed by atoms with van der Waals surface area (Å²) in [5, 5.41) is 4.37. The Labute approximate surface area is 151 Å². The lowest BCUT2D eigenvalue weighted by Crippen LogP contribution is -2.26. The Bertz CT molecular complexity index is 776. The third kappa shape index (κ3) is 5.10. The molecule has 0 amide bonds. The fourth-order valence-corrected chi connectivity index (χ4v) is 4.22. The number of nitrogens with one attached hydrogen (secondary N) is 1. The smallest absolute Gasteiger partial charge is 0.181 e. The number of halogens is 3. The second-order valence-corrected chi connectivity index (χ2v) is 8.48. The molecule has 0 unspecified atom stereocenters. The van der Waals surface area contributed by atoms with Gasteiger partial charge in [0.05, 0.1) is 15.7 Å². The number of benzene rings is 2. The molecule has 23 heavy (non-hydrogen) atoms. The van der Waals surface area contributed by atoms with E-state index in [4.69, 9.17) is 34.8 Å². The van der Waals surface area contributed by atoms with Crippen LogP contribution in [0.3, 0.4) is 0 Å². The molecule has 7 heteroatoms. The van der Waals surface area contributed by atoms with Crippen molar-refractivity contribution in [2.75, 3.05) is 12.3 Å². The second-order valence-electron chi connectivity index (χ2n) is 5.12. The molecule has 0 spiro atoms. The van der Waals surface area contributed by atoms with E-state index >= 15 is 0 Å². The van der Waals surface area contributed by atoms with Crippen molar-refractivity contribution < 1.29 is 8.42 Å². The molecular weight excluding hydrogens is 377 g/mol. The first-order valence-corrected chi connectivity index (χ1v) is 9.75. The molecular formula is C16H16Cl3NO2S. The van der Waals surface area contributed by atoms with Crippen LogP contribution in [0.5, 0.6) is 0 Å². The molecule has 0 saturated heterocycles. The van der Waals surface area contributed by atoms with Gasteiger partial charge >= 0.3 is 0 Å². The van der Waals surface area contributed by atoms with Gasteiger partial charge in [-0.05, 0) is 42.8 Å². The molecule has 0 aliphatic carbocycles. The zero-order chi connectivity index (χ0) is 17.0. The molecule has 1 N–H and O–H groups in total. The molecule has 0 saturated carbocycles. The molecule has 0 fully saturated rings. The maximum absolute atomic E-state index is 12.4. The lowest BCUT2D eigenvalue weighted by atomic mass is 10.1. The Hall–Kier alpha value is -0.780. The van der Waals surface area contributed by atoms with Crippen molar-refractivity contribution in [1.29, 1.82) is 0 Å². The average Bonchev–Trinajstić information content (AvgIpc) is 2.50. The molecule has 0 aliphatic rings. The summed E-state index contributed by atoms with van der Waals surface area (Å²) < 4.78 is 24.7. The quantitative estimate of drug-likeness (QED) is 0.770. The van der Waals surface area contributed by atoms with Gasteiger partial charge in [0.2, 0.25) is 0 Å². The highest BCUT2D eigenvalue weighted by atomic mass is 35.5. The lowest BCUT2D eigenvalue weighted by molar-refractivity contribution is 0.572. The van der Waals surface area contributed by atoms with E-state index in [0.29, 0.717) is 16.6 Å². The summed E-state index contributed by atoms with van der Waals surface area (Å²) in [5.74, 6) is -0.0645. The lowest BCUT2D eigenvalue weighted by Gasteiger charge is -2.15. The fourth-order valence-electron chi connectivity index (χ4n) is 2.10. The van der Waals surface area contributed by atoms with Crippen molar-refractivity contribution in [3.63, 3.8) is 0 Å². The molecule has 2 aromatic rings. The minimum absolute atomic E-state index is 0.0114. The van der Waals surface area contributed by atoms with Crippen LogP contribution in [0.2, 0.25) is 15.1 Å². The maximum Gasteiger partial charge on any atom is 0.181 e. The zero-order valence-corrected chi connectivity index (χ0v) is 15.5. The topological polar surface area (TPSA) is 46.2 Å². The van der Waals surface area contributed by atoms with E-state index < -0.39 is 9.84 Å². The summed E-state index contributed by atoms with van der Waals surface area (Å²) in [6.45, 7) is 2.26. The summed E-state index contributed by atoms with van der Waals surface area (Å²) >= 11 is 17.7. The maximum atomic E-state index is 12.4. The molecule has 0 bridgehead atoms. The van der Waals surface area contributed by atoms with Gasteiger partial charge in [-0.2, -0.15) is 0 Å². The van der Waals surface area contributed by atoms with E-state index in [-0.39, 0.29) is 21.7 Å². The van der Waals surface area contributed by atoms with Gasteiger partial charge in [-0.1, -0.05) is 46.9 Å². The molecule has 124 valence electrons. The Kier molecular flexibility index (Phi) is 6.34. The van der Waals surface area contributed by atoms with Gasteiger partial charge in [-0.15, -0.1) is 0 Å². The molecule has 0 aromatic heterocycles. The molecule has 2 rings (SSSR count). The van der Waals surface area contributed by atoms with Gasteiger partial charge in [0, 0.05) is 22.6 Å². The van der Waals surface area contributed by atoms with E-state index in [0.717, 1.165) is 5.56 Å². The van der Waals surface area contributed by atoms with Gasteiger partial charge in [-0.25, -0.2) is 8.42 Å². The van der Waals surface area contributed by atoms with Crippen molar-refractivity contribution in [3.8, 4) is 0 Å². The third-order valence-corrected chi connectivity index (χ3v) is 6.10. The SMILES string of the molecule is C[C@@H](NCCS(=O)(=O)c1cc(Cl)ccc1Cl)c1ccc(Cl)cc1. The largest absolute Gasteiger partial charge is 0.309 e. The second kappa shape index (κ2) is 7.86. The monoisotopic (exact) mass is 391 g/mol. The minimum Gasteiger partial charge on any atom is -0.309 e. The summed E-state index contributed by atoms with van der Waals surface area (Å²) in [5.41, 5.74) is 1.03. The van der Waals surface area contributed by atoms with Crippen LogP contribution in [-0.4, -0.2) is 20.7 Å². The number of sulfone groups is 1. The normalized spacial score (nSPS) is 13.0. The van der Waals surface area contributed by atoms with E-state index in [1.807, 2.05) is 19.1 Å². The molecule has 2 aromatic carbocycles. The highest BCUT2D eigenvalue weighted by Crippen LogP contribution is 2.26. The Morgan fingerprint density at radius 1 is 1.00 bits per heavy atom. The molecule has 0 aliphatic heterocycles. The van der Waals surface area contributed by atoms with Crippen LogP contribution in [0.15, 0.2) is 47.4 Å². The number of rotatable bonds is 6. The summed E-state index contributed by atoms with van der Waals surface area (Å²) in [7, 11) is -3.50. The van der Waals surface area contributed by atoms with Gasteiger partial charge in [0.25, 0.3) is 0 Å². The van der Waals surface area contributed by atoms with Crippen LogP contribution in [0.1, 0.15) is 18.5 Å². The van der Waals surface area contributed by atoms with E-state index in [1.165, 1.54) is 12.1 Å². The van der Waals surface area contributed by atoms with Crippen LogP contribution in [0.4, 0.5) is 0 Å².